The molecule has 1 unspecified atom stereocenters. The number of amides is 1. The van der Waals surface area contributed by atoms with Crippen molar-refractivity contribution < 1.29 is 19.8 Å². The van der Waals surface area contributed by atoms with Crippen LogP contribution < -0.4 is 5.32 Å². The van der Waals surface area contributed by atoms with Gasteiger partial charge in [0, 0.05) is 37.9 Å². The molecule has 18 heavy (non-hydrogen) atoms. The molecular weight excluding hydrogens is 238 g/mol. The second-order valence-corrected chi connectivity index (χ2v) is 3.69. The highest BCUT2D eigenvalue weighted by molar-refractivity contribution is 5.94. The summed E-state index contributed by atoms with van der Waals surface area (Å²) in [4.78, 5) is 22.2. The lowest BCUT2D eigenvalue weighted by Crippen LogP contribution is -2.40. The number of carboxylic acids is 1. The highest BCUT2D eigenvalue weighted by atomic mass is 16.4. The number of rotatable bonds is 6. The van der Waals surface area contributed by atoms with Gasteiger partial charge in [0.1, 0.15) is 6.04 Å². The number of aliphatic hydroxyl groups is 1. The fourth-order valence-corrected chi connectivity index (χ4v) is 1.30. The zero-order valence-electron chi connectivity index (χ0n) is 9.91. The van der Waals surface area contributed by atoms with Gasteiger partial charge in [0.05, 0.1) is 6.20 Å². The van der Waals surface area contributed by atoms with E-state index in [1.807, 2.05) is 0 Å². The first-order valence-electron chi connectivity index (χ1n) is 5.34. The fraction of sp³-hybridized carbons (Fsp3) is 0.364. The summed E-state index contributed by atoms with van der Waals surface area (Å²) in [7, 11) is 1.75. The van der Waals surface area contributed by atoms with Gasteiger partial charge >= 0.3 is 5.97 Å². The number of hydrogen-bond acceptors (Lipinski definition) is 4. The molecule has 7 nitrogen and oxygen atoms in total. The van der Waals surface area contributed by atoms with Gasteiger partial charge in [-0.2, -0.15) is 5.10 Å². The lowest BCUT2D eigenvalue weighted by Gasteiger charge is -2.10. The zero-order valence-corrected chi connectivity index (χ0v) is 9.91. The van der Waals surface area contributed by atoms with E-state index >= 15 is 0 Å². The molecule has 1 aromatic heterocycles. The van der Waals surface area contributed by atoms with Crippen LogP contribution in [0.15, 0.2) is 18.5 Å². The number of hydrogen-bond donors (Lipinski definition) is 3. The molecule has 0 radical (unpaired) electrons. The molecule has 3 N–H and O–H groups in total. The van der Waals surface area contributed by atoms with Gasteiger partial charge in [-0.15, -0.1) is 0 Å². The van der Waals surface area contributed by atoms with Crippen molar-refractivity contribution in [3.8, 4) is 0 Å². The molecule has 0 aliphatic carbocycles. The molecular formula is C11H15N3O4. The normalized spacial score (nSPS) is 12.6. The number of carbonyl (C=O) groups excluding carboxylic acids is 1. The maximum Gasteiger partial charge on any atom is 0.326 e. The minimum atomic E-state index is -1.17. The average Bonchev–Trinajstić information content (AvgIpc) is 2.72. The first kappa shape index (κ1) is 13.9. The molecule has 0 saturated carbocycles. The molecule has 0 fully saturated rings. The van der Waals surface area contributed by atoms with Crippen LogP contribution >= 0.6 is 0 Å². The smallest absolute Gasteiger partial charge is 0.326 e. The number of nitrogens with one attached hydrogen (secondary N) is 1. The molecule has 0 spiro atoms. The van der Waals surface area contributed by atoms with E-state index in [-0.39, 0.29) is 13.0 Å². The minimum Gasteiger partial charge on any atom is -0.480 e. The van der Waals surface area contributed by atoms with Crippen LogP contribution in [0.2, 0.25) is 0 Å². The van der Waals surface area contributed by atoms with Crippen molar-refractivity contribution in [3.63, 3.8) is 0 Å². The van der Waals surface area contributed by atoms with Gasteiger partial charge in [0.2, 0.25) is 5.91 Å². The van der Waals surface area contributed by atoms with E-state index in [2.05, 4.69) is 10.4 Å². The molecule has 0 bridgehead atoms. The van der Waals surface area contributed by atoms with Gasteiger partial charge in [0.15, 0.2) is 0 Å². The number of aromatic nitrogens is 2. The monoisotopic (exact) mass is 253 g/mol. The van der Waals surface area contributed by atoms with Crippen molar-refractivity contribution in [2.24, 2.45) is 7.05 Å². The van der Waals surface area contributed by atoms with Crippen molar-refractivity contribution in [1.29, 1.82) is 0 Å². The van der Waals surface area contributed by atoms with Crippen LogP contribution in [0.5, 0.6) is 0 Å². The molecule has 1 rings (SSSR count). The predicted molar refractivity (Wildman–Crippen MR) is 63.5 cm³/mol. The van der Waals surface area contributed by atoms with Crippen LogP contribution in [0.3, 0.4) is 0 Å². The van der Waals surface area contributed by atoms with Crippen molar-refractivity contribution in [2.45, 2.75) is 12.5 Å². The third-order valence-electron chi connectivity index (χ3n) is 2.18. The van der Waals surface area contributed by atoms with Crippen molar-refractivity contribution in [2.75, 3.05) is 6.61 Å². The molecule has 1 atom stereocenters. The van der Waals surface area contributed by atoms with Gasteiger partial charge < -0.3 is 15.5 Å². The van der Waals surface area contributed by atoms with Crippen LogP contribution in [0, 0.1) is 0 Å². The molecule has 1 aromatic rings. The molecule has 7 heteroatoms. The molecule has 1 amide bonds. The summed E-state index contributed by atoms with van der Waals surface area (Å²) in [6.07, 6.45) is 6.02. The van der Waals surface area contributed by atoms with E-state index in [0.29, 0.717) is 0 Å². The Bertz CT molecular complexity index is 453. The third kappa shape index (κ3) is 4.38. The van der Waals surface area contributed by atoms with Gasteiger partial charge in [-0.1, -0.05) is 0 Å². The van der Waals surface area contributed by atoms with Crippen LogP contribution in [-0.4, -0.2) is 44.5 Å². The summed E-state index contributed by atoms with van der Waals surface area (Å²) in [5, 5.41) is 23.6. The number of aryl methyl sites for hydroxylation is 1. The van der Waals surface area contributed by atoms with Crippen LogP contribution in [-0.2, 0) is 16.6 Å². The zero-order chi connectivity index (χ0) is 13.5. The van der Waals surface area contributed by atoms with Gasteiger partial charge in [-0.25, -0.2) is 4.79 Å². The Hall–Kier alpha value is -2.15. The van der Waals surface area contributed by atoms with E-state index in [1.165, 1.54) is 12.2 Å². The Morgan fingerprint density at radius 1 is 1.61 bits per heavy atom. The second-order valence-electron chi connectivity index (χ2n) is 3.69. The van der Waals surface area contributed by atoms with E-state index in [9.17, 15) is 9.59 Å². The van der Waals surface area contributed by atoms with Gasteiger partial charge in [0.25, 0.3) is 0 Å². The largest absolute Gasteiger partial charge is 0.480 e. The number of nitrogens with zero attached hydrogens (tertiary/aromatic N) is 2. The standard InChI is InChI=1S/C11H15N3O4/c1-14-7-8(6-12-14)2-3-10(16)13-9(4-5-15)11(17)18/h2-3,6-7,9,15H,4-5H2,1H3,(H,13,16)(H,17,18)/b3-2+. The number of carboxylic acid groups (broad SMARTS) is 1. The Labute approximate surface area is 104 Å². The Balaban J connectivity index is 2.54. The van der Waals surface area contributed by atoms with Crippen molar-refractivity contribution >= 4 is 18.0 Å². The Morgan fingerprint density at radius 3 is 2.83 bits per heavy atom. The van der Waals surface area contributed by atoms with Crippen molar-refractivity contribution in [3.05, 3.63) is 24.0 Å². The first-order chi connectivity index (χ1) is 8.52. The Morgan fingerprint density at radius 2 is 2.33 bits per heavy atom. The summed E-state index contributed by atoms with van der Waals surface area (Å²) >= 11 is 0. The van der Waals surface area contributed by atoms with Crippen molar-refractivity contribution in [1.82, 2.24) is 15.1 Å². The summed E-state index contributed by atoms with van der Waals surface area (Å²) in [5.41, 5.74) is 0.738. The summed E-state index contributed by atoms with van der Waals surface area (Å²) in [5.74, 6) is -1.70. The number of aliphatic hydroxyl groups excluding tert-OH is 1. The van der Waals surface area contributed by atoms with Gasteiger partial charge in [-0.3, -0.25) is 9.48 Å². The minimum absolute atomic E-state index is 0.0260. The molecule has 0 aliphatic heterocycles. The quantitative estimate of drug-likeness (QED) is 0.586. The van der Waals surface area contributed by atoms with E-state index in [4.69, 9.17) is 10.2 Å². The molecule has 98 valence electrons. The predicted octanol–water partition coefficient (Wildman–Crippen LogP) is -0.615. The van der Waals surface area contributed by atoms with Crippen LogP contribution in [0.1, 0.15) is 12.0 Å². The van der Waals surface area contributed by atoms with Crippen LogP contribution in [0.25, 0.3) is 6.08 Å². The van der Waals surface area contributed by atoms with Crippen LogP contribution in [0.4, 0.5) is 0 Å². The average molecular weight is 253 g/mol. The maximum absolute atomic E-state index is 11.4. The summed E-state index contributed by atoms with van der Waals surface area (Å²) < 4.78 is 1.59. The molecule has 1 heterocycles. The summed E-state index contributed by atoms with van der Waals surface area (Å²) in [6, 6.07) is -1.08. The maximum atomic E-state index is 11.4. The first-order valence-corrected chi connectivity index (χ1v) is 5.34. The number of aliphatic carboxylic acids is 1. The SMILES string of the molecule is Cn1cc(/C=C/C(=O)NC(CCO)C(=O)O)cn1. The second kappa shape index (κ2) is 6.55. The highest BCUT2D eigenvalue weighted by Crippen LogP contribution is 1.99. The summed E-state index contributed by atoms with van der Waals surface area (Å²) in [6.45, 7) is -0.302. The fourth-order valence-electron chi connectivity index (χ4n) is 1.30. The van der Waals surface area contributed by atoms with E-state index in [0.717, 1.165) is 5.56 Å². The van der Waals surface area contributed by atoms with E-state index in [1.54, 1.807) is 24.1 Å². The van der Waals surface area contributed by atoms with Gasteiger partial charge in [-0.05, 0) is 6.08 Å². The molecule has 0 aromatic carbocycles. The lowest BCUT2D eigenvalue weighted by atomic mass is 10.2. The number of carbonyl (C=O) groups is 2. The highest BCUT2D eigenvalue weighted by Gasteiger charge is 2.17. The topological polar surface area (TPSA) is 104 Å². The van der Waals surface area contributed by atoms with E-state index < -0.39 is 17.9 Å². The molecule has 0 saturated heterocycles. The Kier molecular flexibility index (Phi) is 5.06. The molecule has 0 aliphatic rings. The third-order valence-corrected chi connectivity index (χ3v) is 2.18. The lowest BCUT2D eigenvalue weighted by molar-refractivity contribution is -0.141.